The van der Waals surface area contributed by atoms with Crippen LogP contribution in [0.4, 0.5) is 5.82 Å². The Labute approximate surface area is 162 Å². The summed E-state index contributed by atoms with van der Waals surface area (Å²) in [5.74, 6) is 1.04. The van der Waals surface area contributed by atoms with Crippen LogP contribution in [-0.4, -0.2) is 50.9 Å². The first-order valence-corrected chi connectivity index (χ1v) is 9.52. The largest absolute Gasteiger partial charge is 0.352 e. The van der Waals surface area contributed by atoms with Gasteiger partial charge in [0.25, 0.3) is 0 Å². The summed E-state index contributed by atoms with van der Waals surface area (Å²) in [5.41, 5.74) is 2.11. The molecule has 7 heteroatoms. The SMILES string of the molecule is N#Cc1ccccc1CC(=O)N1CCN(c2ncnc3[nH]ccc23)CC12CC2. The number of aromatic nitrogens is 3. The lowest BCUT2D eigenvalue weighted by Gasteiger charge is -2.43. The molecule has 5 rings (SSSR count). The van der Waals surface area contributed by atoms with Gasteiger partial charge < -0.3 is 14.8 Å². The number of nitriles is 1. The Kier molecular flexibility index (Phi) is 3.79. The van der Waals surface area contributed by atoms with Crippen molar-refractivity contribution in [2.75, 3.05) is 24.5 Å². The normalized spacial score (nSPS) is 17.7. The van der Waals surface area contributed by atoms with Gasteiger partial charge in [-0.2, -0.15) is 5.26 Å². The molecule has 0 atom stereocenters. The number of anilines is 1. The first-order valence-electron chi connectivity index (χ1n) is 9.52. The molecule has 1 saturated heterocycles. The molecule has 3 heterocycles. The molecule has 1 aliphatic heterocycles. The maximum Gasteiger partial charge on any atom is 0.227 e. The third-order valence-electron chi connectivity index (χ3n) is 5.89. The maximum atomic E-state index is 13.1. The number of nitrogens with zero attached hydrogens (tertiary/aromatic N) is 5. The lowest BCUT2D eigenvalue weighted by atomic mass is 10.0. The molecule has 0 unspecified atom stereocenters. The molecule has 140 valence electrons. The van der Waals surface area contributed by atoms with Gasteiger partial charge in [0.2, 0.25) is 5.91 Å². The zero-order valence-electron chi connectivity index (χ0n) is 15.4. The Balaban J connectivity index is 1.36. The maximum absolute atomic E-state index is 13.1. The van der Waals surface area contributed by atoms with Gasteiger partial charge in [-0.05, 0) is 30.5 Å². The average molecular weight is 372 g/mol. The molecule has 1 saturated carbocycles. The minimum Gasteiger partial charge on any atom is -0.352 e. The van der Waals surface area contributed by atoms with E-state index in [0.29, 0.717) is 12.1 Å². The van der Waals surface area contributed by atoms with E-state index in [2.05, 4.69) is 25.9 Å². The van der Waals surface area contributed by atoms with Gasteiger partial charge in [0.1, 0.15) is 17.8 Å². The van der Waals surface area contributed by atoms with E-state index in [0.717, 1.165) is 48.3 Å². The molecule has 7 nitrogen and oxygen atoms in total. The first-order chi connectivity index (χ1) is 13.7. The molecule has 0 bridgehead atoms. The molecule has 3 aromatic rings. The van der Waals surface area contributed by atoms with Crippen LogP contribution in [0.3, 0.4) is 0 Å². The predicted molar refractivity (Wildman–Crippen MR) is 105 cm³/mol. The topological polar surface area (TPSA) is 88.9 Å². The van der Waals surface area contributed by atoms with Gasteiger partial charge in [-0.15, -0.1) is 0 Å². The summed E-state index contributed by atoms with van der Waals surface area (Å²) in [6.07, 6.45) is 5.76. The highest BCUT2D eigenvalue weighted by atomic mass is 16.2. The second-order valence-corrected chi connectivity index (χ2v) is 7.57. The quantitative estimate of drug-likeness (QED) is 0.762. The Morgan fingerprint density at radius 1 is 1.21 bits per heavy atom. The van der Waals surface area contributed by atoms with Crippen LogP contribution in [0.25, 0.3) is 11.0 Å². The Morgan fingerprint density at radius 3 is 2.89 bits per heavy atom. The number of amides is 1. The van der Waals surface area contributed by atoms with Crippen LogP contribution in [0, 0.1) is 11.3 Å². The van der Waals surface area contributed by atoms with Crippen LogP contribution < -0.4 is 4.90 Å². The summed E-state index contributed by atoms with van der Waals surface area (Å²) in [7, 11) is 0. The lowest BCUT2D eigenvalue weighted by Crippen LogP contribution is -2.57. The number of rotatable bonds is 3. The number of aromatic amines is 1. The average Bonchev–Trinajstić information content (AvgIpc) is 3.29. The summed E-state index contributed by atoms with van der Waals surface area (Å²) in [4.78, 5) is 29.3. The summed E-state index contributed by atoms with van der Waals surface area (Å²) in [6, 6.07) is 11.5. The smallest absolute Gasteiger partial charge is 0.227 e. The summed E-state index contributed by atoms with van der Waals surface area (Å²) >= 11 is 0. The van der Waals surface area contributed by atoms with E-state index >= 15 is 0 Å². The van der Waals surface area contributed by atoms with Gasteiger partial charge in [0.05, 0.1) is 29.0 Å². The molecule has 2 aliphatic rings. The summed E-state index contributed by atoms with van der Waals surface area (Å²) < 4.78 is 0. The Hall–Kier alpha value is -3.40. The van der Waals surface area contributed by atoms with Crippen molar-refractivity contribution in [1.82, 2.24) is 19.9 Å². The third-order valence-corrected chi connectivity index (χ3v) is 5.89. The zero-order valence-corrected chi connectivity index (χ0v) is 15.4. The number of nitrogens with one attached hydrogen (secondary N) is 1. The number of hydrogen-bond acceptors (Lipinski definition) is 5. The van der Waals surface area contributed by atoms with E-state index in [4.69, 9.17) is 0 Å². The van der Waals surface area contributed by atoms with Crippen LogP contribution >= 0.6 is 0 Å². The van der Waals surface area contributed by atoms with Crippen molar-refractivity contribution >= 4 is 22.8 Å². The number of H-pyrrole nitrogens is 1. The van der Waals surface area contributed by atoms with Gasteiger partial charge in [0.15, 0.2) is 0 Å². The highest BCUT2D eigenvalue weighted by molar-refractivity contribution is 5.88. The number of fused-ring (bicyclic) bond motifs is 1. The fourth-order valence-corrected chi connectivity index (χ4v) is 4.27. The highest BCUT2D eigenvalue weighted by Gasteiger charge is 2.53. The van der Waals surface area contributed by atoms with E-state index in [1.54, 1.807) is 12.4 Å². The molecule has 28 heavy (non-hydrogen) atoms. The molecule has 2 fully saturated rings. The van der Waals surface area contributed by atoms with Crippen LogP contribution in [0.2, 0.25) is 0 Å². The molecule has 1 aromatic carbocycles. The fourth-order valence-electron chi connectivity index (χ4n) is 4.27. The first kappa shape index (κ1) is 16.8. The second-order valence-electron chi connectivity index (χ2n) is 7.57. The minimum absolute atomic E-state index is 0.106. The van der Waals surface area contributed by atoms with E-state index in [1.165, 1.54) is 0 Å². The molecule has 0 radical (unpaired) electrons. The van der Waals surface area contributed by atoms with E-state index in [1.807, 2.05) is 35.4 Å². The lowest BCUT2D eigenvalue weighted by molar-refractivity contribution is -0.134. The second kappa shape index (κ2) is 6.34. The van der Waals surface area contributed by atoms with Gasteiger partial charge in [-0.1, -0.05) is 18.2 Å². The van der Waals surface area contributed by atoms with Gasteiger partial charge in [-0.3, -0.25) is 4.79 Å². The van der Waals surface area contributed by atoms with Crippen molar-refractivity contribution in [2.24, 2.45) is 0 Å². The van der Waals surface area contributed by atoms with Crippen LogP contribution in [-0.2, 0) is 11.2 Å². The van der Waals surface area contributed by atoms with Gasteiger partial charge in [0, 0.05) is 25.8 Å². The standard InChI is InChI=1S/C21H20N6O/c22-12-16-4-2-1-3-15(16)11-18(28)27-10-9-26(13-21(27)6-7-21)20-17-5-8-23-19(17)24-14-25-20/h1-5,8,14H,6-7,9-11,13H2,(H,23,24,25). The molecule has 2 aromatic heterocycles. The summed E-state index contributed by atoms with van der Waals surface area (Å²) in [5, 5.41) is 10.3. The number of piperazine rings is 1. The Bertz CT molecular complexity index is 1090. The number of hydrogen-bond donors (Lipinski definition) is 1. The summed E-state index contributed by atoms with van der Waals surface area (Å²) in [6.45, 7) is 2.20. The fraction of sp³-hybridized carbons (Fsp3) is 0.333. The zero-order chi connectivity index (χ0) is 19.1. The minimum atomic E-state index is -0.107. The molecule has 1 aliphatic carbocycles. The predicted octanol–water partition coefficient (Wildman–Crippen LogP) is 2.25. The van der Waals surface area contributed by atoms with Gasteiger partial charge >= 0.3 is 0 Å². The van der Waals surface area contributed by atoms with E-state index < -0.39 is 0 Å². The number of carbonyl (C=O) groups is 1. The van der Waals surface area contributed by atoms with Crippen molar-refractivity contribution in [3.05, 3.63) is 54.0 Å². The Morgan fingerprint density at radius 2 is 2.07 bits per heavy atom. The van der Waals surface area contributed by atoms with Crippen molar-refractivity contribution in [3.63, 3.8) is 0 Å². The van der Waals surface area contributed by atoms with E-state index in [-0.39, 0.29) is 17.9 Å². The molecular formula is C21H20N6O. The number of carbonyl (C=O) groups excluding carboxylic acids is 1. The van der Waals surface area contributed by atoms with Crippen molar-refractivity contribution in [1.29, 1.82) is 5.26 Å². The van der Waals surface area contributed by atoms with Crippen LogP contribution in [0.5, 0.6) is 0 Å². The third kappa shape index (κ3) is 2.69. The monoisotopic (exact) mass is 372 g/mol. The molecule has 1 N–H and O–H groups in total. The molecule has 1 amide bonds. The van der Waals surface area contributed by atoms with Crippen LogP contribution in [0.15, 0.2) is 42.9 Å². The molecule has 1 spiro atoms. The van der Waals surface area contributed by atoms with Crippen molar-refractivity contribution in [2.45, 2.75) is 24.8 Å². The van der Waals surface area contributed by atoms with Gasteiger partial charge in [-0.25, -0.2) is 9.97 Å². The van der Waals surface area contributed by atoms with Crippen LogP contribution in [0.1, 0.15) is 24.0 Å². The van der Waals surface area contributed by atoms with Crippen molar-refractivity contribution in [3.8, 4) is 6.07 Å². The highest BCUT2D eigenvalue weighted by Crippen LogP contribution is 2.45. The van der Waals surface area contributed by atoms with Crippen molar-refractivity contribution < 1.29 is 4.79 Å². The van der Waals surface area contributed by atoms with E-state index in [9.17, 15) is 10.1 Å². The number of benzene rings is 1. The molecular weight excluding hydrogens is 352 g/mol.